The Balaban J connectivity index is 1.08. The number of hydrogen-bond acceptors (Lipinski definition) is 11. The van der Waals surface area contributed by atoms with E-state index in [0.717, 1.165) is 15.4 Å². The Bertz CT molecular complexity index is 2350. The Hall–Kier alpha value is -5.94. The molecule has 1 fully saturated rings. The van der Waals surface area contributed by atoms with Crippen molar-refractivity contribution in [3.63, 3.8) is 0 Å². The van der Waals surface area contributed by atoms with Crippen LogP contribution in [0.1, 0.15) is 58.1 Å². The molecule has 4 atom stereocenters. The van der Waals surface area contributed by atoms with E-state index in [1.165, 1.54) is 12.7 Å². The molecule has 58 heavy (non-hydrogen) atoms. The predicted molar refractivity (Wildman–Crippen MR) is 216 cm³/mol. The van der Waals surface area contributed by atoms with Gasteiger partial charge in [0.25, 0.3) is 26.0 Å². The average molecular weight is 799 g/mol. The zero-order valence-corrected chi connectivity index (χ0v) is 33.1. The molecule has 2 aromatic heterocycles. The van der Waals surface area contributed by atoms with Crippen LogP contribution in [0.25, 0.3) is 11.2 Å². The summed E-state index contributed by atoms with van der Waals surface area (Å²) in [5, 5.41) is 17.4. The van der Waals surface area contributed by atoms with E-state index < -0.39 is 44.7 Å². The second kappa shape index (κ2) is 16.1. The lowest BCUT2D eigenvalue weighted by atomic mass is 10.1. The summed E-state index contributed by atoms with van der Waals surface area (Å²) in [7, 11) is -3.04. The van der Waals surface area contributed by atoms with Crippen molar-refractivity contribution in [1.29, 1.82) is 0 Å². The number of aromatic nitrogens is 4. The number of aliphatic hydroxyl groups excluding tert-OH is 1. The van der Waals surface area contributed by atoms with Gasteiger partial charge < -0.3 is 24.3 Å². The second-order valence-corrected chi connectivity index (χ2v) is 19.3. The number of benzene rings is 4. The number of rotatable bonds is 13. The maximum absolute atomic E-state index is 13.1. The molecule has 0 radical (unpaired) electrons. The van der Waals surface area contributed by atoms with Gasteiger partial charge in [0.05, 0.1) is 37.3 Å². The number of hydroxylamine groups is 2. The van der Waals surface area contributed by atoms with Crippen LogP contribution in [-0.4, -0.2) is 93.9 Å². The summed E-state index contributed by atoms with van der Waals surface area (Å²) >= 11 is 0. The molecule has 1 saturated heterocycles. The van der Waals surface area contributed by atoms with Crippen molar-refractivity contribution in [2.75, 3.05) is 25.1 Å². The summed E-state index contributed by atoms with van der Waals surface area (Å²) in [5.74, 6) is -1.32. The molecule has 14 nitrogen and oxygen atoms in total. The largest absolute Gasteiger partial charge is 0.405 e. The molecule has 0 saturated carbocycles. The summed E-state index contributed by atoms with van der Waals surface area (Å²) in [4.78, 5) is 57.9. The van der Waals surface area contributed by atoms with Crippen LogP contribution in [0.15, 0.2) is 128 Å². The van der Waals surface area contributed by atoms with Crippen LogP contribution in [0.5, 0.6) is 0 Å². The molecule has 0 aliphatic carbocycles. The van der Waals surface area contributed by atoms with Gasteiger partial charge in [-0.25, -0.2) is 15.0 Å². The van der Waals surface area contributed by atoms with Crippen LogP contribution in [0.2, 0.25) is 5.04 Å². The van der Waals surface area contributed by atoms with Gasteiger partial charge in [0.15, 0.2) is 23.2 Å². The zero-order chi connectivity index (χ0) is 40.4. The van der Waals surface area contributed by atoms with Gasteiger partial charge in [-0.05, 0) is 39.7 Å². The fraction of sp³-hybridized carbons (Fsp3) is 0.256. The Morgan fingerprint density at radius 1 is 0.810 bits per heavy atom. The molecule has 15 heteroatoms. The third-order valence-corrected chi connectivity index (χ3v) is 15.5. The number of fused-ring (bicyclic) bond motifs is 2. The van der Waals surface area contributed by atoms with E-state index >= 15 is 0 Å². The fourth-order valence-electron chi connectivity index (χ4n) is 7.72. The van der Waals surface area contributed by atoms with E-state index in [9.17, 15) is 19.5 Å². The van der Waals surface area contributed by atoms with Crippen molar-refractivity contribution in [2.24, 2.45) is 0 Å². The smallest absolute Gasteiger partial charge is 0.285 e. The van der Waals surface area contributed by atoms with Gasteiger partial charge in [-0.15, -0.1) is 5.06 Å². The maximum Gasteiger partial charge on any atom is 0.285 e. The summed E-state index contributed by atoms with van der Waals surface area (Å²) in [6.07, 6.45) is -1.31. The number of carbonyl (C=O) groups is 3. The number of nitrogens with zero attached hydrogens (tertiary/aromatic N) is 5. The highest BCUT2D eigenvalue weighted by molar-refractivity contribution is 6.99. The van der Waals surface area contributed by atoms with Crippen LogP contribution < -0.4 is 15.7 Å². The first-order chi connectivity index (χ1) is 28.1. The quantitative estimate of drug-likeness (QED) is 0.0958. The van der Waals surface area contributed by atoms with Gasteiger partial charge in [-0.3, -0.25) is 23.8 Å². The molecule has 2 N–H and O–H groups in total. The molecule has 3 amide bonds. The van der Waals surface area contributed by atoms with Gasteiger partial charge >= 0.3 is 0 Å². The zero-order valence-electron chi connectivity index (χ0n) is 32.1. The lowest BCUT2D eigenvalue weighted by Crippen LogP contribution is -2.67. The van der Waals surface area contributed by atoms with Crippen molar-refractivity contribution in [3.05, 3.63) is 145 Å². The molecule has 2 aliphatic rings. The van der Waals surface area contributed by atoms with Gasteiger partial charge in [0.2, 0.25) is 0 Å². The Labute approximate surface area is 335 Å². The number of ether oxygens (including phenoxy) is 2. The SMILES string of the molecule is CC(C)(C)[Si](OC[C@H]1O[C@@H](n2cnc3c(NC(=O)c4ccccc4)ncnc32)C(OCCON2C(=O)c3ccccc3C2=O)C1O)(c1ccccc1)c1ccccc1. The van der Waals surface area contributed by atoms with Crippen LogP contribution in [0.4, 0.5) is 5.82 Å². The number of hydrogen-bond donors (Lipinski definition) is 2. The predicted octanol–water partition coefficient (Wildman–Crippen LogP) is 4.53. The first-order valence-corrected chi connectivity index (χ1v) is 20.8. The standard InChI is InChI=1S/C43H42N6O8Si/c1-43(2,3)58(29-17-9-5-10-18-29,30-19-11-6-12-20-30)56-25-33-35(50)36(54-23-24-55-49-40(52)31-21-13-14-22-32(31)41(49)53)42(57-33)48-27-46-34-37(44-26-45-38(34)48)47-39(51)28-15-7-4-8-16-28/h4-22,26-27,33,35-36,42,50H,23-25H2,1-3H3,(H,44,45,47,51)/t33-,35?,36?,42-/m1/s1. The Morgan fingerprint density at radius 2 is 1.40 bits per heavy atom. The number of amides is 3. The molecular weight excluding hydrogens is 757 g/mol. The molecule has 0 spiro atoms. The Kier molecular flexibility index (Phi) is 10.8. The van der Waals surface area contributed by atoms with Crippen molar-refractivity contribution < 1.29 is 38.2 Å². The van der Waals surface area contributed by atoms with Crippen molar-refractivity contribution in [1.82, 2.24) is 24.6 Å². The highest BCUT2D eigenvalue weighted by Crippen LogP contribution is 2.39. The van der Waals surface area contributed by atoms with E-state index in [1.54, 1.807) is 53.1 Å². The first kappa shape index (κ1) is 38.9. The monoisotopic (exact) mass is 798 g/mol. The number of nitrogens with one attached hydrogen (secondary N) is 1. The number of imide groups is 1. The molecule has 2 aliphatic heterocycles. The molecule has 0 bridgehead atoms. The van der Waals surface area contributed by atoms with Gasteiger partial charge in [-0.2, -0.15) is 0 Å². The summed E-state index contributed by atoms with van der Waals surface area (Å²) in [5.41, 5.74) is 1.57. The highest BCUT2D eigenvalue weighted by atomic mass is 28.4. The van der Waals surface area contributed by atoms with Gasteiger partial charge in [0.1, 0.15) is 24.6 Å². The average Bonchev–Trinajstić information content (AvgIpc) is 3.89. The lowest BCUT2D eigenvalue weighted by Gasteiger charge is -2.43. The van der Waals surface area contributed by atoms with Crippen LogP contribution >= 0.6 is 0 Å². The number of aliphatic hydroxyl groups is 1. The molecule has 4 aromatic carbocycles. The van der Waals surface area contributed by atoms with E-state index in [0.29, 0.717) is 16.7 Å². The van der Waals surface area contributed by atoms with E-state index in [2.05, 4.69) is 65.3 Å². The summed E-state index contributed by atoms with van der Waals surface area (Å²) < 4.78 is 21.7. The minimum atomic E-state index is -3.04. The second-order valence-electron chi connectivity index (χ2n) is 15.0. The number of imidazole rings is 1. The van der Waals surface area contributed by atoms with E-state index in [1.807, 2.05) is 42.5 Å². The van der Waals surface area contributed by atoms with Crippen LogP contribution in [0, 0.1) is 0 Å². The number of carbonyl (C=O) groups excluding carboxylic acids is 3. The maximum atomic E-state index is 13.1. The van der Waals surface area contributed by atoms with Gasteiger partial charge in [0, 0.05) is 5.56 Å². The highest BCUT2D eigenvalue weighted by Gasteiger charge is 2.53. The van der Waals surface area contributed by atoms with Crippen LogP contribution in [0.3, 0.4) is 0 Å². The normalized spacial score (nSPS) is 19.5. The molecule has 296 valence electrons. The lowest BCUT2D eigenvalue weighted by molar-refractivity contribution is -0.128. The minimum absolute atomic E-state index is 0.0103. The van der Waals surface area contributed by atoms with Gasteiger partial charge in [-0.1, -0.05) is 112 Å². The van der Waals surface area contributed by atoms with E-state index in [-0.39, 0.29) is 47.7 Å². The third kappa shape index (κ3) is 7.12. The van der Waals surface area contributed by atoms with E-state index in [4.69, 9.17) is 18.7 Å². The minimum Gasteiger partial charge on any atom is -0.405 e. The molecule has 8 rings (SSSR count). The van der Waals surface area contributed by atoms with Crippen LogP contribution in [-0.2, 0) is 18.7 Å². The summed E-state index contributed by atoms with van der Waals surface area (Å²) in [6.45, 7) is 6.19. The molecular formula is C43H42N6O8Si. The topological polar surface area (TPSA) is 167 Å². The summed E-state index contributed by atoms with van der Waals surface area (Å²) in [6, 6.07) is 35.5. The fourth-order valence-corrected chi connectivity index (χ4v) is 12.3. The first-order valence-electron chi connectivity index (χ1n) is 18.9. The van der Waals surface area contributed by atoms with Crippen molar-refractivity contribution >= 4 is 53.4 Å². The van der Waals surface area contributed by atoms with Crippen molar-refractivity contribution in [2.45, 2.75) is 50.3 Å². The Morgan fingerprint density at radius 3 is 2.00 bits per heavy atom. The van der Waals surface area contributed by atoms with Crippen molar-refractivity contribution in [3.8, 4) is 0 Å². The molecule has 2 unspecified atom stereocenters. The number of anilines is 1. The third-order valence-electron chi connectivity index (χ3n) is 10.5. The molecule has 4 heterocycles. The molecule has 6 aromatic rings.